The van der Waals surface area contributed by atoms with Gasteiger partial charge in [0.15, 0.2) is 0 Å². The van der Waals surface area contributed by atoms with E-state index in [0.717, 1.165) is 19.5 Å². The minimum absolute atomic E-state index is 0.591. The number of nitrogens with two attached hydrogens (primary N) is 1. The molecule has 0 amide bonds. The standard InChI is InChI=1S/C10H22N2S/c1-4-6-7-12(8-10(11)13)9(3)5-2/h9H,4-8H2,1-3H3,(H2,11,13). The average Bonchev–Trinajstić information content (AvgIpc) is 2.10. The van der Waals surface area contributed by atoms with Gasteiger partial charge in [-0.2, -0.15) is 0 Å². The Bertz CT molecular complexity index is 148. The third-order valence-corrected chi connectivity index (χ3v) is 2.50. The molecular formula is C10H22N2S. The van der Waals surface area contributed by atoms with E-state index in [-0.39, 0.29) is 0 Å². The third kappa shape index (κ3) is 5.99. The number of nitrogens with zero attached hydrogens (tertiary/aromatic N) is 1. The van der Waals surface area contributed by atoms with E-state index in [9.17, 15) is 0 Å². The van der Waals surface area contributed by atoms with Crippen LogP contribution in [-0.2, 0) is 0 Å². The van der Waals surface area contributed by atoms with Gasteiger partial charge in [-0.15, -0.1) is 0 Å². The first-order chi connectivity index (χ1) is 6.11. The molecule has 0 radical (unpaired) electrons. The lowest BCUT2D eigenvalue weighted by atomic mass is 10.2. The lowest BCUT2D eigenvalue weighted by molar-refractivity contribution is 0.230. The zero-order valence-corrected chi connectivity index (χ0v) is 9.86. The zero-order valence-electron chi connectivity index (χ0n) is 9.05. The Hall–Kier alpha value is -0.150. The molecule has 2 N–H and O–H groups in total. The number of hydrogen-bond donors (Lipinski definition) is 1. The molecule has 1 unspecified atom stereocenters. The van der Waals surface area contributed by atoms with Gasteiger partial charge in [-0.1, -0.05) is 32.5 Å². The maximum absolute atomic E-state index is 5.55. The van der Waals surface area contributed by atoms with Crippen LogP contribution in [0.2, 0.25) is 0 Å². The van der Waals surface area contributed by atoms with Crippen LogP contribution in [0.4, 0.5) is 0 Å². The van der Waals surface area contributed by atoms with Crippen LogP contribution in [0.3, 0.4) is 0 Å². The smallest absolute Gasteiger partial charge is 0.0870 e. The summed E-state index contributed by atoms with van der Waals surface area (Å²) in [5, 5.41) is 0. The summed E-state index contributed by atoms with van der Waals surface area (Å²) in [7, 11) is 0. The molecule has 0 rings (SSSR count). The van der Waals surface area contributed by atoms with Crippen molar-refractivity contribution in [3.05, 3.63) is 0 Å². The normalized spacial score (nSPS) is 13.2. The minimum atomic E-state index is 0.591. The molecule has 78 valence electrons. The molecule has 1 atom stereocenters. The molecule has 0 aliphatic carbocycles. The summed E-state index contributed by atoms with van der Waals surface area (Å²) in [5.41, 5.74) is 5.55. The van der Waals surface area contributed by atoms with Gasteiger partial charge in [-0.05, 0) is 26.3 Å². The van der Waals surface area contributed by atoms with Crippen LogP contribution < -0.4 is 5.73 Å². The maximum Gasteiger partial charge on any atom is 0.0870 e. The van der Waals surface area contributed by atoms with Crippen LogP contribution in [0.1, 0.15) is 40.0 Å². The molecule has 0 bridgehead atoms. The van der Waals surface area contributed by atoms with Crippen molar-refractivity contribution in [2.24, 2.45) is 5.73 Å². The Balaban J connectivity index is 3.94. The molecule has 0 aromatic rings. The highest BCUT2D eigenvalue weighted by molar-refractivity contribution is 7.80. The fourth-order valence-electron chi connectivity index (χ4n) is 1.27. The quantitative estimate of drug-likeness (QED) is 0.642. The highest BCUT2D eigenvalue weighted by Crippen LogP contribution is 2.05. The summed E-state index contributed by atoms with van der Waals surface area (Å²) in [6, 6.07) is 0.591. The first kappa shape index (κ1) is 12.8. The molecule has 0 aromatic heterocycles. The summed E-state index contributed by atoms with van der Waals surface area (Å²) in [6.45, 7) is 8.51. The molecule has 0 fully saturated rings. The number of unbranched alkanes of at least 4 members (excludes halogenated alkanes) is 1. The minimum Gasteiger partial charge on any atom is -0.392 e. The lowest BCUT2D eigenvalue weighted by Gasteiger charge is -2.27. The van der Waals surface area contributed by atoms with Gasteiger partial charge in [0.1, 0.15) is 0 Å². The van der Waals surface area contributed by atoms with Gasteiger partial charge in [0.25, 0.3) is 0 Å². The van der Waals surface area contributed by atoms with Crippen molar-refractivity contribution in [2.75, 3.05) is 13.1 Å². The average molecular weight is 202 g/mol. The fourth-order valence-corrected chi connectivity index (χ4v) is 1.44. The molecule has 2 nitrogen and oxygen atoms in total. The molecule has 0 saturated carbocycles. The van der Waals surface area contributed by atoms with Crippen molar-refractivity contribution in [3.8, 4) is 0 Å². The SMILES string of the molecule is CCCCN(CC(N)=S)C(C)CC. The summed E-state index contributed by atoms with van der Waals surface area (Å²) in [4.78, 5) is 2.97. The third-order valence-electron chi connectivity index (χ3n) is 2.37. The molecule has 0 aliphatic rings. The van der Waals surface area contributed by atoms with E-state index in [0.29, 0.717) is 11.0 Å². The highest BCUT2D eigenvalue weighted by Gasteiger charge is 2.11. The van der Waals surface area contributed by atoms with Crippen molar-refractivity contribution in [2.45, 2.75) is 46.1 Å². The highest BCUT2D eigenvalue weighted by atomic mass is 32.1. The number of rotatable bonds is 7. The van der Waals surface area contributed by atoms with Crippen molar-refractivity contribution in [1.82, 2.24) is 4.90 Å². The first-order valence-corrected chi connectivity index (χ1v) is 5.55. The largest absolute Gasteiger partial charge is 0.392 e. The first-order valence-electron chi connectivity index (χ1n) is 5.14. The van der Waals surface area contributed by atoms with E-state index < -0.39 is 0 Å². The summed E-state index contributed by atoms with van der Waals surface area (Å²) < 4.78 is 0. The molecule has 13 heavy (non-hydrogen) atoms. The van der Waals surface area contributed by atoms with Crippen molar-refractivity contribution in [1.29, 1.82) is 0 Å². The second-order valence-electron chi connectivity index (χ2n) is 3.55. The van der Waals surface area contributed by atoms with Crippen LogP contribution in [0, 0.1) is 0 Å². The molecule has 0 spiro atoms. The van der Waals surface area contributed by atoms with E-state index in [2.05, 4.69) is 25.7 Å². The van der Waals surface area contributed by atoms with Gasteiger partial charge in [-0.3, -0.25) is 4.90 Å². The topological polar surface area (TPSA) is 29.3 Å². The van der Waals surface area contributed by atoms with Crippen LogP contribution >= 0.6 is 12.2 Å². The van der Waals surface area contributed by atoms with E-state index in [1.165, 1.54) is 12.8 Å². The van der Waals surface area contributed by atoms with E-state index in [1.54, 1.807) is 0 Å². The van der Waals surface area contributed by atoms with Crippen LogP contribution in [-0.4, -0.2) is 29.0 Å². The second kappa shape index (κ2) is 7.27. The molecule has 0 aliphatic heterocycles. The van der Waals surface area contributed by atoms with E-state index in [1.807, 2.05) is 0 Å². The van der Waals surface area contributed by atoms with Crippen molar-refractivity contribution in [3.63, 3.8) is 0 Å². The molecule has 0 heterocycles. The molecule has 3 heteroatoms. The van der Waals surface area contributed by atoms with E-state index in [4.69, 9.17) is 18.0 Å². The summed E-state index contributed by atoms with van der Waals surface area (Å²) in [5.74, 6) is 0. The van der Waals surface area contributed by atoms with Crippen LogP contribution in [0.5, 0.6) is 0 Å². The predicted octanol–water partition coefficient (Wildman–Crippen LogP) is 2.17. The monoisotopic (exact) mass is 202 g/mol. The van der Waals surface area contributed by atoms with E-state index >= 15 is 0 Å². The molecular weight excluding hydrogens is 180 g/mol. The van der Waals surface area contributed by atoms with Crippen molar-refractivity contribution < 1.29 is 0 Å². The predicted molar refractivity (Wildman–Crippen MR) is 63.0 cm³/mol. The lowest BCUT2D eigenvalue weighted by Crippen LogP contribution is -2.39. The van der Waals surface area contributed by atoms with Crippen LogP contribution in [0.15, 0.2) is 0 Å². The molecule has 0 saturated heterocycles. The van der Waals surface area contributed by atoms with Gasteiger partial charge in [0.05, 0.1) is 4.99 Å². The zero-order chi connectivity index (χ0) is 10.3. The summed E-state index contributed by atoms with van der Waals surface area (Å²) >= 11 is 4.93. The van der Waals surface area contributed by atoms with Gasteiger partial charge in [0.2, 0.25) is 0 Å². The Kier molecular flexibility index (Phi) is 7.19. The Morgan fingerprint density at radius 1 is 1.46 bits per heavy atom. The number of hydrogen-bond acceptors (Lipinski definition) is 2. The Morgan fingerprint density at radius 3 is 2.46 bits per heavy atom. The maximum atomic E-state index is 5.55. The Labute approximate surface area is 87.5 Å². The molecule has 0 aromatic carbocycles. The summed E-state index contributed by atoms with van der Waals surface area (Å²) in [6.07, 6.45) is 3.61. The fraction of sp³-hybridized carbons (Fsp3) is 0.900. The van der Waals surface area contributed by atoms with Gasteiger partial charge in [-0.25, -0.2) is 0 Å². The van der Waals surface area contributed by atoms with Crippen LogP contribution in [0.25, 0.3) is 0 Å². The van der Waals surface area contributed by atoms with Gasteiger partial charge >= 0.3 is 0 Å². The number of thiocarbonyl (C=S) groups is 1. The van der Waals surface area contributed by atoms with Gasteiger partial charge in [0, 0.05) is 12.6 Å². The van der Waals surface area contributed by atoms with Crippen molar-refractivity contribution >= 4 is 17.2 Å². The van der Waals surface area contributed by atoms with Gasteiger partial charge < -0.3 is 5.73 Å². The Morgan fingerprint density at radius 2 is 2.08 bits per heavy atom. The second-order valence-corrected chi connectivity index (χ2v) is 4.07.